The van der Waals surface area contributed by atoms with Crippen molar-refractivity contribution in [3.8, 4) is 0 Å². The van der Waals surface area contributed by atoms with Gasteiger partial charge < -0.3 is 5.32 Å². The Morgan fingerprint density at radius 2 is 1.93 bits per heavy atom. The van der Waals surface area contributed by atoms with E-state index in [9.17, 15) is 0 Å². The summed E-state index contributed by atoms with van der Waals surface area (Å²) in [5.41, 5.74) is 0. The second kappa shape index (κ2) is 3.91. The van der Waals surface area contributed by atoms with Crippen molar-refractivity contribution >= 4 is 0 Å². The maximum atomic E-state index is 3.89. The first-order valence-corrected chi connectivity index (χ1v) is 6.47. The monoisotopic (exact) mass is 206 g/mol. The molecule has 0 aromatic rings. The molecule has 3 aliphatic rings. The zero-order chi connectivity index (χ0) is 10.3. The SMILES string of the molecule is C=CCN1CC(C2CC2)NCC1C1CC1. The molecule has 2 nitrogen and oxygen atoms in total. The summed E-state index contributed by atoms with van der Waals surface area (Å²) < 4.78 is 0. The molecule has 1 heterocycles. The molecule has 2 heteroatoms. The molecular weight excluding hydrogens is 184 g/mol. The van der Waals surface area contributed by atoms with Crippen LogP contribution in [0.15, 0.2) is 12.7 Å². The van der Waals surface area contributed by atoms with E-state index in [4.69, 9.17) is 0 Å². The average molecular weight is 206 g/mol. The highest BCUT2D eigenvalue weighted by atomic mass is 15.2. The normalized spacial score (nSPS) is 37.9. The van der Waals surface area contributed by atoms with Gasteiger partial charge in [0.15, 0.2) is 0 Å². The fraction of sp³-hybridized carbons (Fsp3) is 0.846. The van der Waals surface area contributed by atoms with Crippen LogP contribution in [0, 0.1) is 11.8 Å². The summed E-state index contributed by atoms with van der Waals surface area (Å²) in [6, 6.07) is 1.58. The summed E-state index contributed by atoms with van der Waals surface area (Å²) in [4.78, 5) is 2.67. The maximum absolute atomic E-state index is 3.89. The number of nitrogens with one attached hydrogen (secondary N) is 1. The molecule has 0 aromatic carbocycles. The highest BCUT2D eigenvalue weighted by molar-refractivity contribution is 5.00. The lowest BCUT2D eigenvalue weighted by molar-refractivity contribution is 0.121. The van der Waals surface area contributed by atoms with E-state index in [1.807, 2.05) is 0 Å². The summed E-state index contributed by atoms with van der Waals surface area (Å²) in [7, 11) is 0. The minimum atomic E-state index is 0.778. The summed E-state index contributed by atoms with van der Waals surface area (Å²) in [6.45, 7) is 7.47. The molecule has 2 aliphatic carbocycles. The molecule has 0 aromatic heterocycles. The predicted molar refractivity (Wildman–Crippen MR) is 62.8 cm³/mol. The minimum Gasteiger partial charge on any atom is -0.311 e. The van der Waals surface area contributed by atoms with E-state index >= 15 is 0 Å². The Balaban J connectivity index is 1.62. The van der Waals surface area contributed by atoms with Gasteiger partial charge in [-0.15, -0.1) is 6.58 Å². The molecule has 2 atom stereocenters. The van der Waals surface area contributed by atoms with Gasteiger partial charge in [0, 0.05) is 31.7 Å². The first-order chi connectivity index (χ1) is 7.38. The van der Waals surface area contributed by atoms with Crippen molar-refractivity contribution in [2.75, 3.05) is 19.6 Å². The Bertz CT molecular complexity index is 243. The van der Waals surface area contributed by atoms with E-state index in [0.29, 0.717) is 0 Å². The first-order valence-electron chi connectivity index (χ1n) is 6.47. The molecule has 15 heavy (non-hydrogen) atoms. The molecule has 3 fully saturated rings. The predicted octanol–water partition coefficient (Wildman–Crippen LogP) is 1.63. The largest absolute Gasteiger partial charge is 0.311 e. The van der Waals surface area contributed by atoms with Crippen molar-refractivity contribution in [1.82, 2.24) is 10.2 Å². The van der Waals surface area contributed by atoms with Crippen molar-refractivity contribution in [2.45, 2.75) is 37.8 Å². The molecule has 0 spiro atoms. The third kappa shape index (κ3) is 2.11. The van der Waals surface area contributed by atoms with Crippen molar-refractivity contribution < 1.29 is 0 Å². The molecule has 0 radical (unpaired) electrons. The lowest BCUT2D eigenvalue weighted by Gasteiger charge is -2.40. The van der Waals surface area contributed by atoms with Gasteiger partial charge in [0.2, 0.25) is 0 Å². The van der Waals surface area contributed by atoms with Gasteiger partial charge in [-0.3, -0.25) is 4.90 Å². The fourth-order valence-electron chi connectivity index (χ4n) is 2.99. The van der Waals surface area contributed by atoms with Crippen LogP contribution in [0.2, 0.25) is 0 Å². The Hall–Kier alpha value is -0.340. The average Bonchev–Trinajstić information content (AvgIpc) is 3.11. The quantitative estimate of drug-likeness (QED) is 0.703. The molecular formula is C13H22N2. The Kier molecular flexibility index (Phi) is 2.57. The van der Waals surface area contributed by atoms with E-state index in [-0.39, 0.29) is 0 Å². The van der Waals surface area contributed by atoms with Crippen LogP contribution >= 0.6 is 0 Å². The highest BCUT2D eigenvalue weighted by Crippen LogP contribution is 2.39. The zero-order valence-corrected chi connectivity index (χ0v) is 9.49. The van der Waals surface area contributed by atoms with Crippen LogP contribution in [-0.4, -0.2) is 36.6 Å². The molecule has 0 bridgehead atoms. The Morgan fingerprint density at radius 1 is 1.20 bits per heavy atom. The second-order valence-corrected chi connectivity index (χ2v) is 5.50. The maximum Gasteiger partial charge on any atom is 0.0252 e. The van der Waals surface area contributed by atoms with Crippen LogP contribution in [0.3, 0.4) is 0 Å². The first kappa shape index (κ1) is 9.86. The number of rotatable bonds is 4. The summed E-state index contributed by atoms with van der Waals surface area (Å²) in [5.74, 6) is 1.97. The van der Waals surface area contributed by atoms with Crippen LogP contribution in [0.25, 0.3) is 0 Å². The highest BCUT2D eigenvalue weighted by Gasteiger charge is 2.41. The van der Waals surface area contributed by atoms with Gasteiger partial charge in [0.1, 0.15) is 0 Å². The summed E-state index contributed by atoms with van der Waals surface area (Å²) in [6.07, 6.45) is 7.88. The summed E-state index contributed by atoms with van der Waals surface area (Å²) >= 11 is 0. The molecule has 1 aliphatic heterocycles. The van der Waals surface area contributed by atoms with E-state index in [1.165, 1.54) is 38.8 Å². The third-order valence-electron chi connectivity index (χ3n) is 4.21. The molecule has 1 saturated heterocycles. The van der Waals surface area contributed by atoms with Crippen LogP contribution in [0.1, 0.15) is 25.7 Å². The van der Waals surface area contributed by atoms with Gasteiger partial charge in [-0.25, -0.2) is 0 Å². The third-order valence-corrected chi connectivity index (χ3v) is 4.21. The smallest absolute Gasteiger partial charge is 0.0252 e. The Morgan fingerprint density at radius 3 is 2.53 bits per heavy atom. The van der Waals surface area contributed by atoms with E-state index in [2.05, 4.69) is 22.9 Å². The van der Waals surface area contributed by atoms with Crippen molar-refractivity contribution in [3.63, 3.8) is 0 Å². The zero-order valence-electron chi connectivity index (χ0n) is 9.49. The number of piperazine rings is 1. The van der Waals surface area contributed by atoms with Crippen LogP contribution < -0.4 is 5.32 Å². The lowest BCUT2D eigenvalue weighted by Crippen LogP contribution is -2.57. The second-order valence-electron chi connectivity index (χ2n) is 5.50. The topological polar surface area (TPSA) is 15.3 Å². The van der Waals surface area contributed by atoms with E-state index in [0.717, 1.165) is 30.5 Å². The molecule has 3 rings (SSSR count). The van der Waals surface area contributed by atoms with Crippen LogP contribution in [-0.2, 0) is 0 Å². The van der Waals surface area contributed by atoms with Crippen LogP contribution in [0.5, 0.6) is 0 Å². The number of hydrogen-bond donors (Lipinski definition) is 1. The number of nitrogens with zero attached hydrogens (tertiary/aromatic N) is 1. The van der Waals surface area contributed by atoms with Gasteiger partial charge >= 0.3 is 0 Å². The van der Waals surface area contributed by atoms with Gasteiger partial charge in [0.05, 0.1) is 0 Å². The van der Waals surface area contributed by atoms with E-state index < -0.39 is 0 Å². The van der Waals surface area contributed by atoms with Crippen molar-refractivity contribution in [1.29, 1.82) is 0 Å². The Labute approximate surface area is 92.7 Å². The molecule has 0 amide bonds. The van der Waals surface area contributed by atoms with Crippen LogP contribution in [0.4, 0.5) is 0 Å². The molecule has 2 unspecified atom stereocenters. The van der Waals surface area contributed by atoms with Gasteiger partial charge in [-0.05, 0) is 37.5 Å². The minimum absolute atomic E-state index is 0.778. The molecule has 2 saturated carbocycles. The van der Waals surface area contributed by atoms with Gasteiger partial charge in [-0.2, -0.15) is 0 Å². The standard InChI is InChI=1S/C13H22N2/c1-2-7-15-9-12(10-3-4-10)14-8-13(15)11-5-6-11/h2,10-14H,1,3-9H2. The lowest BCUT2D eigenvalue weighted by atomic mass is 10.0. The van der Waals surface area contributed by atoms with E-state index in [1.54, 1.807) is 0 Å². The molecule has 1 N–H and O–H groups in total. The summed E-state index contributed by atoms with van der Waals surface area (Å²) in [5, 5.41) is 3.76. The fourth-order valence-corrected chi connectivity index (χ4v) is 2.99. The molecule has 84 valence electrons. The number of hydrogen-bond acceptors (Lipinski definition) is 2. The van der Waals surface area contributed by atoms with Gasteiger partial charge in [0.25, 0.3) is 0 Å². The van der Waals surface area contributed by atoms with Gasteiger partial charge in [-0.1, -0.05) is 6.08 Å². The van der Waals surface area contributed by atoms with Crippen molar-refractivity contribution in [3.05, 3.63) is 12.7 Å². The van der Waals surface area contributed by atoms with Crippen molar-refractivity contribution in [2.24, 2.45) is 11.8 Å².